The highest BCUT2D eigenvalue weighted by Crippen LogP contribution is 2.34. The highest BCUT2D eigenvalue weighted by Gasteiger charge is 2.34. The fourth-order valence-corrected chi connectivity index (χ4v) is 4.48. The third-order valence-electron chi connectivity index (χ3n) is 5.81. The first kappa shape index (κ1) is 17.1. The molecule has 2 heterocycles. The van der Waals surface area contributed by atoms with Crippen molar-refractivity contribution in [2.45, 2.75) is 63.5 Å². The van der Waals surface area contributed by atoms with Crippen LogP contribution < -0.4 is 0 Å². The molecule has 2 aliphatic rings. The van der Waals surface area contributed by atoms with E-state index < -0.39 is 12.0 Å². The Labute approximate surface area is 152 Å². The summed E-state index contributed by atoms with van der Waals surface area (Å²) in [4.78, 5) is 30.7. The van der Waals surface area contributed by atoms with E-state index in [-0.39, 0.29) is 12.5 Å². The minimum Gasteiger partial charge on any atom is -0.480 e. The largest absolute Gasteiger partial charge is 0.480 e. The van der Waals surface area contributed by atoms with Crippen LogP contribution in [0.15, 0.2) is 24.3 Å². The number of carbonyl (C=O) groups excluding carboxylic acids is 1. The number of imidazole rings is 1. The zero-order chi connectivity index (χ0) is 18.1. The molecule has 0 spiro atoms. The van der Waals surface area contributed by atoms with Crippen LogP contribution in [0.1, 0.15) is 56.7 Å². The number of benzene rings is 1. The molecule has 0 bridgehead atoms. The monoisotopic (exact) mass is 355 g/mol. The van der Waals surface area contributed by atoms with Gasteiger partial charge in [0.15, 0.2) is 0 Å². The van der Waals surface area contributed by atoms with Gasteiger partial charge in [-0.05, 0) is 37.8 Å². The van der Waals surface area contributed by atoms with Crippen LogP contribution in [0.25, 0.3) is 11.0 Å². The first-order chi connectivity index (χ1) is 12.6. The van der Waals surface area contributed by atoms with Crippen molar-refractivity contribution in [2.24, 2.45) is 0 Å². The van der Waals surface area contributed by atoms with Gasteiger partial charge in [0.05, 0.1) is 11.0 Å². The van der Waals surface area contributed by atoms with Crippen molar-refractivity contribution in [3.63, 3.8) is 0 Å². The van der Waals surface area contributed by atoms with Crippen LogP contribution in [-0.2, 0) is 16.1 Å². The molecular weight excluding hydrogens is 330 g/mol. The Balaban J connectivity index is 1.66. The summed E-state index contributed by atoms with van der Waals surface area (Å²) in [5.41, 5.74) is 1.88. The molecule has 1 atom stereocenters. The van der Waals surface area contributed by atoms with Crippen LogP contribution in [-0.4, -0.2) is 44.0 Å². The molecule has 1 aliphatic heterocycles. The van der Waals surface area contributed by atoms with E-state index in [9.17, 15) is 14.7 Å². The van der Waals surface area contributed by atoms with Gasteiger partial charge in [-0.15, -0.1) is 0 Å². The summed E-state index contributed by atoms with van der Waals surface area (Å²) in [5.74, 6) is 0.358. The predicted molar refractivity (Wildman–Crippen MR) is 97.9 cm³/mol. The van der Waals surface area contributed by atoms with Gasteiger partial charge in [-0.2, -0.15) is 0 Å². The molecule has 0 unspecified atom stereocenters. The van der Waals surface area contributed by atoms with Crippen LogP contribution in [0.2, 0.25) is 0 Å². The van der Waals surface area contributed by atoms with Crippen molar-refractivity contribution in [1.82, 2.24) is 14.5 Å². The molecule has 1 aromatic heterocycles. The van der Waals surface area contributed by atoms with E-state index in [1.165, 1.54) is 24.2 Å². The molecule has 6 heteroatoms. The predicted octanol–water partition coefficient (Wildman–Crippen LogP) is 3.16. The molecule has 2 fully saturated rings. The van der Waals surface area contributed by atoms with Crippen molar-refractivity contribution in [3.8, 4) is 0 Å². The highest BCUT2D eigenvalue weighted by molar-refractivity contribution is 5.85. The van der Waals surface area contributed by atoms with Gasteiger partial charge in [-0.1, -0.05) is 31.4 Å². The topological polar surface area (TPSA) is 75.4 Å². The maximum atomic E-state index is 12.9. The van der Waals surface area contributed by atoms with Crippen LogP contribution in [0.5, 0.6) is 0 Å². The summed E-state index contributed by atoms with van der Waals surface area (Å²) in [6, 6.07) is 7.23. The number of aromatic nitrogens is 2. The number of aliphatic carboxylic acids is 1. The van der Waals surface area contributed by atoms with Crippen molar-refractivity contribution in [1.29, 1.82) is 0 Å². The molecule has 26 heavy (non-hydrogen) atoms. The van der Waals surface area contributed by atoms with Gasteiger partial charge in [0.2, 0.25) is 5.91 Å². The number of hydrogen-bond acceptors (Lipinski definition) is 3. The smallest absolute Gasteiger partial charge is 0.326 e. The fourth-order valence-electron chi connectivity index (χ4n) is 4.48. The summed E-state index contributed by atoms with van der Waals surface area (Å²) in [6.07, 6.45) is 7.19. The molecule has 1 amide bonds. The van der Waals surface area contributed by atoms with E-state index in [0.29, 0.717) is 18.9 Å². The maximum absolute atomic E-state index is 12.9. The zero-order valence-electron chi connectivity index (χ0n) is 14.9. The second-order valence-corrected chi connectivity index (χ2v) is 7.46. The third-order valence-corrected chi connectivity index (χ3v) is 5.81. The lowest BCUT2D eigenvalue weighted by molar-refractivity contribution is -0.148. The second kappa shape index (κ2) is 7.09. The van der Waals surface area contributed by atoms with E-state index in [1.54, 1.807) is 0 Å². The lowest BCUT2D eigenvalue weighted by atomic mass is 9.88. The quantitative estimate of drug-likeness (QED) is 0.914. The normalized spacial score (nSPS) is 21.4. The Morgan fingerprint density at radius 2 is 1.85 bits per heavy atom. The van der Waals surface area contributed by atoms with Crippen LogP contribution >= 0.6 is 0 Å². The average molecular weight is 355 g/mol. The van der Waals surface area contributed by atoms with Crippen molar-refractivity contribution in [2.75, 3.05) is 6.54 Å². The molecule has 1 aromatic carbocycles. The first-order valence-electron chi connectivity index (χ1n) is 9.62. The molecule has 1 N–H and O–H groups in total. The number of rotatable bonds is 4. The second-order valence-electron chi connectivity index (χ2n) is 7.46. The summed E-state index contributed by atoms with van der Waals surface area (Å²) in [5, 5.41) is 9.38. The van der Waals surface area contributed by atoms with Crippen molar-refractivity contribution >= 4 is 22.9 Å². The number of carboxylic acid groups (broad SMARTS) is 1. The van der Waals surface area contributed by atoms with Crippen molar-refractivity contribution < 1.29 is 14.7 Å². The Morgan fingerprint density at radius 3 is 2.62 bits per heavy atom. The molecule has 1 saturated carbocycles. The zero-order valence-corrected chi connectivity index (χ0v) is 14.9. The third kappa shape index (κ3) is 3.08. The summed E-state index contributed by atoms with van der Waals surface area (Å²) in [7, 11) is 0. The minimum atomic E-state index is -0.904. The SMILES string of the molecule is O=C(O)[C@@H]1CCCN1C(=O)Cn1c(C2CCCCC2)nc2ccccc21. The van der Waals surface area contributed by atoms with Gasteiger partial charge in [0.25, 0.3) is 0 Å². The highest BCUT2D eigenvalue weighted by atomic mass is 16.4. The van der Waals surface area contributed by atoms with E-state index in [4.69, 9.17) is 4.98 Å². The van der Waals surface area contributed by atoms with E-state index in [1.807, 2.05) is 28.8 Å². The number of nitrogens with zero attached hydrogens (tertiary/aromatic N) is 3. The number of amides is 1. The van der Waals surface area contributed by atoms with Crippen LogP contribution in [0.3, 0.4) is 0 Å². The minimum absolute atomic E-state index is 0.116. The molecule has 2 aromatic rings. The molecule has 1 aliphatic carbocycles. The van der Waals surface area contributed by atoms with Gasteiger partial charge in [-0.3, -0.25) is 4.79 Å². The number of hydrogen-bond donors (Lipinski definition) is 1. The van der Waals surface area contributed by atoms with Gasteiger partial charge >= 0.3 is 5.97 Å². The Kier molecular flexibility index (Phi) is 4.66. The van der Waals surface area contributed by atoms with Gasteiger partial charge < -0.3 is 14.6 Å². The van der Waals surface area contributed by atoms with Crippen LogP contribution in [0.4, 0.5) is 0 Å². The van der Waals surface area contributed by atoms with E-state index in [2.05, 4.69) is 0 Å². The van der Waals surface area contributed by atoms with Gasteiger partial charge in [0.1, 0.15) is 18.4 Å². The van der Waals surface area contributed by atoms with Crippen LogP contribution in [0, 0.1) is 0 Å². The van der Waals surface area contributed by atoms with E-state index >= 15 is 0 Å². The maximum Gasteiger partial charge on any atom is 0.326 e. The summed E-state index contributed by atoms with van der Waals surface area (Å²) >= 11 is 0. The molecule has 1 saturated heterocycles. The number of carbonyl (C=O) groups is 2. The number of carboxylic acids is 1. The number of para-hydroxylation sites is 2. The Bertz CT molecular complexity index is 823. The van der Waals surface area contributed by atoms with Gasteiger partial charge in [0, 0.05) is 12.5 Å². The first-order valence-corrected chi connectivity index (χ1v) is 9.62. The number of fused-ring (bicyclic) bond motifs is 1. The Morgan fingerprint density at radius 1 is 1.08 bits per heavy atom. The van der Waals surface area contributed by atoms with Crippen molar-refractivity contribution in [3.05, 3.63) is 30.1 Å². The molecule has 0 radical (unpaired) electrons. The average Bonchev–Trinajstić information content (AvgIpc) is 3.28. The van der Waals surface area contributed by atoms with E-state index in [0.717, 1.165) is 36.1 Å². The summed E-state index contributed by atoms with van der Waals surface area (Å²) in [6.45, 7) is 0.706. The molecule has 138 valence electrons. The fraction of sp³-hybridized carbons (Fsp3) is 0.550. The lowest BCUT2D eigenvalue weighted by Gasteiger charge is -2.25. The molecule has 4 rings (SSSR count). The molecular formula is C20H25N3O3. The lowest BCUT2D eigenvalue weighted by Crippen LogP contribution is -2.42. The molecule has 6 nitrogen and oxygen atoms in total. The number of likely N-dealkylation sites (tertiary alicyclic amines) is 1. The van der Waals surface area contributed by atoms with Gasteiger partial charge in [-0.25, -0.2) is 9.78 Å². The summed E-state index contributed by atoms with van der Waals surface area (Å²) < 4.78 is 2.03. The Hall–Kier alpha value is -2.37. The standard InChI is InChI=1S/C20H25N3O3/c24-18(22-12-6-11-17(22)20(25)26)13-23-16-10-5-4-9-15(16)21-19(23)14-7-2-1-3-8-14/h4-5,9-10,14,17H,1-3,6-8,11-13H2,(H,25,26)/t17-/m0/s1.